The van der Waals surface area contributed by atoms with Crippen LogP contribution in [0.1, 0.15) is 33.4 Å². The highest BCUT2D eigenvalue weighted by Gasteiger charge is 2.31. The van der Waals surface area contributed by atoms with Crippen LogP contribution in [0.5, 0.6) is 0 Å². The van der Waals surface area contributed by atoms with Gasteiger partial charge in [-0.3, -0.25) is 9.59 Å². The van der Waals surface area contributed by atoms with Gasteiger partial charge in [0, 0.05) is 55.6 Å². The Labute approximate surface area is 196 Å². The van der Waals surface area contributed by atoms with Crippen LogP contribution < -0.4 is 10.6 Å². The Bertz CT molecular complexity index is 1030. The second-order valence-electron chi connectivity index (χ2n) is 6.97. The first-order chi connectivity index (χ1) is 15.4. The number of sulfonamides is 1. The molecule has 0 atom stereocenters. The lowest BCUT2D eigenvalue weighted by molar-refractivity contribution is 0.0943. The van der Waals surface area contributed by atoms with E-state index in [1.165, 1.54) is 10.4 Å². The third kappa shape index (κ3) is 6.32. The fourth-order valence-corrected chi connectivity index (χ4v) is 7.01. The van der Waals surface area contributed by atoms with Crippen LogP contribution >= 0.6 is 23.1 Å². The molecule has 1 aromatic heterocycles. The normalized spacial score (nSPS) is 14.8. The van der Waals surface area contributed by atoms with Gasteiger partial charge in [-0.15, -0.1) is 11.3 Å². The number of anilines is 1. The van der Waals surface area contributed by atoms with Gasteiger partial charge in [0.05, 0.1) is 0 Å². The molecule has 2 N–H and O–H groups in total. The highest BCUT2D eigenvalue weighted by atomic mass is 32.2. The SMILES string of the molecule is CCOCCCNC(=O)c1cccc(NC(=O)c2sccc2S(=O)(=O)N2CCSCC2)c1. The van der Waals surface area contributed by atoms with Crippen LogP contribution in [-0.2, 0) is 14.8 Å². The summed E-state index contributed by atoms with van der Waals surface area (Å²) in [6, 6.07) is 8.03. The number of carbonyl (C=O) groups excluding carboxylic acids is 2. The van der Waals surface area contributed by atoms with E-state index < -0.39 is 15.9 Å². The van der Waals surface area contributed by atoms with Crippen molar-refractivity contribution in [1.82, 2.24) is 9.62 Å². The first-order valence-corrected chi connectivity index (χ1v) is 13.8. The first kappa shape index (κ1) is 24.7. The van der Waals surface area contributed by atoms with Crippen molar-refractivity contribution in [1.29, 1.82) is 0 Å². The van der Waals surface area contributed by atoms with E-state index in [-0.39, 0.29) is 15.7 Å². The maximum atomic E-state index is 13.0. The molecule has 2 amide bonds. The minimum absolute atomic E-state index is 0.0232. The molecule has 2 heterocycles. The smallest absolute Gasteiger partial charge is 0.267 e. The zero-order valence-electron chi connectivity index (χ0n) is 17.8. The number of hydrogen-bond donors (Lipinski definition) is 2. The van der Waals surface area contributed by atoms with Gasteiger partial charge < -0.3 is 15.4 Å². The number of benzene rings is 1. The average Bonchev–Trinajstić information content (AvgIpc) is 3.31. The standard InChI is InChI=1S/C21H27N3O5S3/c1-2-29-11-4-8-22-20(25)16-5-3-6-17(15-16)23-21(26)19-18(7-12-31-19)32(27,28)24-9-13-30-14-10-24/h3,5-7,12,15H,2,4,8-11,13-14H2,1H3,(H,22,25)(H,23,26). The molecular weight excluding hydrogens is 470 g/mol. The molecule has 1 aliphatic heterocycles. The Hall–Kier alpha value is -1.92. The van der Waals surface area contributed by atoms with E-state index in [2.05, 4.69) is 10.6 Å². The van der Waals surface area contributed by atoms with Crippen LogP contribution in [0.3, 0.4) is 0 Å². The number of rotatable bonds is 10. The maximum Gasteiger partial charge on any atom is 0.267 e. The summed E-state index contributed by atoms with van der Waals surface area (Å²) in [6.45, 7) is 4.49. The predicted molar refractivity (Wildman–Crippen MR) is 128 cm³/mol. The quantitative estimate of drug-likeness (QED) is 0.489. The molecule has 3 rings (SSSR count). The highest BCUT2D eigenvalue weighted by Crippen LogP contribution is 2.28. The van der Waals surface area contributed by atoms with E-state index in [0.717, 1.165) is 22.8 Å². The summed E-state index contributed by atoms with van der Waals surface area (Å²) in [6.07, 6.45) is 0.710. The summed E-state index contributed by atoms with van der Waals surface area (Å²) >= 11 is 2.80. The molecule has 0 bridgehead atoms. The van der Waals surface area contributed by atoms with Gasteiger partial charge in [0.25, 0.3) is 11.8 Å². The molecule has 1 aliphatic rings. The van der Waals surface area contributed by atoms with E-state index in [1.54, 1.807) is 41.4 Å². The van der Waals surface area contributed by atoms with Gasteiger partial charge in [-0.1, -0.05) is 6.07 Å². The minimum Gasteiger partial charge on any atom is -0.382 e. The molecule has 2 aromatic rings. The highest BCUT2D eigenvalue weighted by molar-refractivity contribution is 7.99. The van der Waals surface area contributed by atoms with E-state index in [9.17, 15) is 18.0 Å². The molecule has 1 aromatic carbocycles. The number of thiophene rings is 1. The fraction of sp³-hybridized carbons (Fsp3) is 0.429. The lowest BCUT2D eigenvalue weighted by atomic mass is 10.2. The van der Waals surface area contributed by atoms with Gasteiger partial charge in [-0.05, 0) is 43.0 Å². The molecule has 32 heavy (non-hydrogen) atoms. The van der Waals surface area contributed by atoms with Gasteiger partial charge in [-0.2, -0.15) is 16.1 Å². The van der Waals surface area contributed by atoms with Crippen molar-refractivity contribution in [3.05, 3.63) is 46.2 Å². The fourth-order valence-electron chi connectivity index (χ4n) is 3.14. The van der Waals surface area contributed by atoms with Crippen LogP contribution in [0.25, 0.3) is 0 Å². The number of nitrogens with zero attached hydrogens (tertiary/aromatic N) is 1. The van der Waals surface area contributed by atoms with E-state index >= 15 is 0 Å². The molecule has 0 aliphatic carbocycles. The first-order valence-electron chi connectivity index (χ1n) is 10.4. The monoisotopic (exact) mass is 497 g/mol. The van der Waals surface area contributed by atoms with Crippen LogP contribution in [0, 0.1) is 0 Å². The van der Waals surface area contributed by atoms with Crippen molar-refractivity contribution >= 4 is 50.6 Å². The Balaban J connectivity index is 1.66. The predicted octanol–water partition coefficient (Wildman–Crippen LogP) is 2.89. The van der Waals surface area contributed by atoms with Crippen molar-refractivity contribution in [2.24, 2.45) is 0 Å². The van der Waals surface area contributed by atoms with Crippen LogP contribution in [0.4, 0.5) is 5.69 Å². The third-order valence-electron chi connectivity index (χ3n) is 4.76. The van der Waals surface area contributed by atoms with E-state index in [0.29, 0.717) is 50.5 Å². The minimum atomic E-state index is -3.73. The summed E-state index contributed by atoms with van der Waals surface area (Å²) in [5.74, 6) is 0.718. The van der Waals surface area contributed by atoms with Gasteiger partial charge in [0.1, 0.15) is 9.77 Å². The van der Waals surface area contributed by atoms with Gasteiger partial charge in [0.2, 0.25) is 10.0 Å². The van der Waals surface area contributed by atoms with Crippen molar-refractivity contribution in [3.8, 4) is 0 Å². The molecule has 11 heteroatoms. The number of ether oxygens (including phenoxy) is 1. The number of amides is 2. The Morgan fingerprint density at radius 2 is 1.94 bits per heavy atom. The van der Waals surface area contributed by atoms with Crippen molar-refractivity contribution < 1.29 is 22.7 Å². The summed E-state index contributed by atoms with van der Waals surface area (Å²) in [5.41, 5.74) is 0.826. The Morgan fingerprint density at radius 1 is 1.16 bits per heavy atom. The van der Waals surface area contributed by atoms with Crippen molar-refractivity contribution in [2.75, 3.05) is 49.7 Å². The molecule has 0 spiro atoms. The Kier molecular flexibility index (Phi) is 9.11. The average molecular weight is 498 g/mol. The number of hydrogen-bond acceptors (Lipinski definition) is 7. The van der Waals surface area contributed by atoms with Gasteiger partial charge in [0.15, 0.2) is 0 Å². The van der Waals surface area contributed by atoms with Crippen LogP contribution in [-0.4, -0.2) is 68.9 Å². The van der Waals surface area contributed by atoms with Crippen molar-refractivity contribution in [3.63, 3.8) is 0 Å². The zero-order chi connectivity index (χ0) is 23.0. The zero-order valence-corrected chi connectivity index (χ0v) is 20.3. The number of nitrogens with one attached hydrogen (secondary N) is 2. The lowest BCUT2D eigenvalue weighted by Gasteiger charge is -2.25. The molecule has 1 saturated heterocycles. The second-order valence-corrected chi connectivity index (χ2v) is 11.0. The van der Waals surface area contributed by atoms with Crippen LogP contribution in [0.15, 0.2) is 40.6 Å². The van der Waals surface area contributed by atoms with E-state index in [4.69, 9.17) is 4.74 Å². The van der Waals surface area contributed by atoms with E-state index in [1.807, 2.05) is 6.92 Å². The molecule has 1 fully saturated rings. The number of thioether (sulfide) groups is 1. The summed E-state index contributed by atoms with van der Waals surface area (Å²) < 4.78 is 32.7. The molecule has 0 saturated carbocycles. The summed E-state index contributed by atoms with van der Waals surface area (Å²) in [5, 5.41) is 7.14. The summed E-state index contributed by atoms with van der Waals surface area (Å²) in [4.78, 5) is 25.4. The molecule has 8 nitrogen and oxygen atoms in total. The number of carbonyl (C=O) groups is 2. The van der Waals surface area contributed by atoms with Crippen LogP contribution in [0.2, 0.25) is 0 Å². The van der Waals surface area contributed by atoms with Crippen molar-refractivity contribution in [2.45, 2.75) is 18.2 Å². The lowest BCUT2D eigenvalue weighted by Crippen LogP contribution is -2.38. The summed E-state index contributed by atoms with van der Waals surface area (Å²) in [7, 11) is -3.73. The van der Waals surface area contributed by atoms with Gasteiger partial charge >= 0.3 is 0 Å². The molecule has 0 radical (unpaired) electrons. The Morgan fingerprint density at radius 3 is 2.69 bits per heavy atom. The second kappa shape index (κ2) is 11.8. The molecular formula is C21H27N3O5S3. The molecule has 0 unspecified atom stereocenters. The third-order valence-corrected chi connectivity index (χ3v) is 8.69. The van der Waals surface area contributed by atoms with Gasteiger partial charge in [-0.25, -0.2) is 8.42 Å². The largest absolute Gasteiger partial charge is 0.382 e. The molecule has 174 valence electrons. The topological polar surface area (TPSA) is 105 Å². The maximum absolute atomic E-state index is 13.0.